The van der Waals surface area contributed by atoms with Crippen LogP contribution in [0.1, 0.15) is 12.5 Å². The Morgan fingerprint density at radius 2 is 2.28 bits per heavy atom. The van der Waals surface area contributed by atoms with E-state index in [1.807, 2.05) is 0 Å². The molecule has 0 radical (unpaired) electrons. The Bertz CT molecular complexity index is 656. The second-order valence-corrected chi connectivity index (χ2v) is 3.46. The van der Waals surface area contributed by atoms with Crippen molar-refractivity contribution in [2.45, 2.75) is 6.92 Å². The molecule has 1 heterocycles. The molecule has 2 N–H and O–H groups in total. The van der Waals surface area contributed by atoms with Gasteiger partial charge in [-0.3, -0.25) is 0 Å². The normalized spacial score (nSPS) is 9.61. The number of benzene rings is 1. The Hall–Kier alpha value is -2.61. The topological polar surface area (TPSA) is 78.1 Å². The maximum absolute atomic E-state index is 11.1. The lowest BCUT2D eigenvalue weighted by molar-refractivity contribution is -0.136. The summed E-state index contributed by atoms with van der Waals surface area (Å²) in [6.45, 7) is 2.04. The Balaban J connectivity index is 2.36. The number of anilines is 1. The molecule has 0 atom stereocenters. The van der Waals surface area contributed by atoms with Crippen molar-refractivity contribution in [3.8, 4) is 11.8 Å². The van der Waals surface area contributed by atoms with Gasteiger partial charge in [0.15, 0.2) is 0 Å². The van der Waals surface area contributed by atoms with Gasteiger partial charge in [-0.1, -0.05) is 5.92 Å². The molecule has 0 bridgehead atoms. The lowest BCUT2D eigenvalue weighted by Gasteiger charge is -1.99. The van der Waals surface area contributed by atoms with Crippen molar-refractivity contribution in [2.75, 3.05) is 12.3 Å². The van der Waals surface area contributed by atoms with Crippen molar-refractivity contribution < 1.29 is 9.53 Å². The Kier molecular flexibility index (Phi) is 3.39. The third-order valence-electron chi connectivity index (χ3n) is 2.25. The molecule has 90 valence electrons. The molecule has 0 unspecified atom stereocenters. The van der Waals surface area contributed by atoms with Gasteiger partial charge in [-0.25, -0.2) is 14.8 Å². The average Bonchev–Trinajstić information content (AvgIpc) is 2.37. The molecule has 0 spiro atoms. The molecule has 2 aromatic rings. The number of fused-ring (bicyclic) bond motifs is 1. The second-order valence-electron chi connectivity index (χ2n) is 3.46. The molecule has 0 saturated carbocycles. The standard InChI is InChI=1S/C13H11N3O2/c1-2-18-12(17)6-4-9-3-5-11-10(7-9)13(14)16-8-15-11/h3,5,7-8H,2H2,1H3,(H2,14,15,16). The van der Waals surface area contributed by atoms with Crippen LogP contribution in [0.15, 0.2) is 24.5 Å². The smallest absolute Gasteiger partial charge is 0.384 e. The van der Waals surface area contributed by atoms with Gasteiger partial charge in [0, 0.05) is 16.9 Å². The first-order valence-electron chi connectivity index (χ1n) is 5.39. The van der Waals surface area contributed by atoms with Gasteiger partial charge in [-0.15, -0.1) is 0 Å². The van der Waals surface area contributed by atoms with Crippen LogP contribution in [0.25, 0.3) is 10.9 Å². The highest BCUT2D eigenvalue weighted by Gasteiger charge is 2.00. The summed E-state index contributed by atoms with van der Waals surface area (Å²) in [7, 11) is 0. The summed E-state index contributed by atoms with van der Waals surface area (Å²) in [4.78, 5) is 19.1. The molecule has 1 aromatic carbocycles. The first kappa shape index (κ1) is 11.9. The molecular formula is C13H11N3O2. The molecule has 0 aliphatic rings. The number of rotatable bonds is 1. The molecule has 5 nitrogen and oxygen atoms in total. The first-order valence-corrected chi connectivity index (χ1v) is 5.39. The Morgan fingerprint density at radius 1 is 1.44 bits per heavy atom. The molecular weight excluding hydrogens is 230 g/mol. The first-order chi connectivity index (χ1) is 8.70. The van der Waals surface area contributed by atoms with E-state index in [9.17, 15) is 4.79 Å². The second kappa shape index (κ2) is 5.15. The van der Waals surface area contributed by atoms with Crippen LogP contribution in [-0.4, -0.2) is 22.5 Å². The number of carbonyl (C=O) groups is 1. The van der Waals surface area contributed by atoms with Gasteiger partial charge in [0.05, 0.1) is 12.1 Å². The minimum Gasteiger partial charge on any atom is -0.456 e. The zero-order valence-corrected chi connectivity index (χ0v) is 9.80. The molecule has 0 aliphatic carbocycles. The average molecular weight is 241 g/mol. The molecule has 1 aromatic heterocycles. The third-order valence-corrected chi connectivity index (χ3v) is 2.25. The van der Waals surface area contributed by atoms with E-state index in [1.165, 1.54) is 6.33 Å². The van der Waals surface area contributed by atoms with Crippen molar-refractivity contribution in [2.24, 2.45) is 0 Å². The Labute approximate surface area is 104 Å². The molecule has 18 heavy (non-hydrogen) atoms. The van der Waals surface area contributed by atoms with E-state index >= 15 is 0 Å². The fourth-order valence-corrected chi connectivity index (χ4v) is 1.44. The molecule has 5 heteroatoms. The summed E-state index contributed by atoms with van der Waals surface area (Å²) in [6.07, 6.45) is 1.40. The largest absolute Gasteiger partial charge is 0.456 e. The summed E-state index contributed by atoms with van der Waals surface area (Å²) in [5.74, 6) is 4.95. The van der Waals surface area contributed by atoms with Gasteiger partial charge < -0.3 is 10.5 Å². The number of ether oxygens (including phenoxy) is 1. The van der Waals surface area contributed by atoms with Crippen molar-refractivity contribution in [3.05, 3.63) is 30.1 Å². The van der Waals surface area contributed by atoms with Crippen LogP contribution in [0.4, 0.5) is 5.82 Å². The number of hydrogen-bond donors (Lipinski definition) is 1. The number of aromatic nitrogens is 2. The van der Waals surface area contributed by atoms with Crippen LogP contribution in [0.3, 0.4) is 0 Å². The quantitative estimate of drug-likeness (QED) is 0.598. The van der Waals surface area contributed by atoms with E-state index < -0.39 is 5.97 Å². The summed E-state index contributed by atoms with van der Waals surface area (Å²) in [5, 5.41) is 0.716. The third kappa shape index (κ3) is 2.55. The maximum atomic E-state index is 11.1. The van der Waals surface area contributed by atoms with E-state index in [0.29, 0.717) is 23.4 Å². The number of nitrogens with two attached hydrogens (primary N) is 1. The van der Waals surface area contributed by atoms with E-state index in [4.69, 9.17) is 10.5 Å². The highest BCUT2D eigenvalue weighted by Crippen LogP contribution is 2.17. The molecule has 0 aliphatic heterocycles. The van der Waals surface area contributed by atoms with Gasteiger partial charge in [0.1, 0.15) is 12.1 Å². The summed E-state index contributed by atoms with van der Waals surface area (Å²) in [5.41, 5.74) is 7.14. The van der Waals surface area contributed by atoms with E-state index in [-0.39, 0.29) is 0 Å². The molecule has 2 rings (SSSR count). The van der Waals surface area contributed by atoms with E-state index in [2.05, 4.69) is 21.8 Å². The van der Waals surface area contributed by atoms with Crippen molar-refractivity contribution in [1.29, 1.82) is 0 Å². The van der Waals surface area contributed by atoms with Crippen LogP contribution in [-0.2, 0) is 9.53 Å². The highest BCUT2D eigenvalue weighted by molar-refractivity contribution is 5.91. The zero-order valence-electron chi connectivity index (χ0n) is 9.80. The van der Waals surface area contributed by atoms with Gasteiger partial charge in [-0.2, -0.15) is 0 Å². The lowest BCUT2D eigenvalue weighted by Crippen LogP contribution is -1.99. The molecule has 0 fully saturated rings. The number of nitrogen functional groups attached to an aromatic ring is 1. The highest BCUT2D eigenvalue weighted by atomic mass is 16.5. The minimum atomic E-state index is -0.546. The predicted octanol–water partition coefficient (Wildman–Crippen LogP) is 1.13. The summed E-state index contributed by atoms with van der Waals surface area (Å²) in [6, 6.07) is 5.29. The predicted molar refractivity (Wildman–Crippen MR) is 67.5 cm³/mol. The van der Waals surface area contributed by atoms with Crippen LogP contribution in [0.5, 0.6) is 0 Å². The fraction of sp³-hybridized carbons (Fsp3) is 0.154. The van der Waals surface area contributed by atoms with Gasteiger partial charge in [0.2, 0.25) is 0 Å². The van der Waals surface area contributed by atoms with Crippen molar-refractivity contribution in [3.63, 3.8) is 0 Å². The van der Waals surface area contributed by atoms with Gasteiger partial charge >= 0.3 is 5.97 Å². The monoisotopic (exact) mass is 241 g/mol. The van der Waals surface area contributed by atoms with Crippen molar-refractivity contribution >= 4 is 22.7 Å². The van der Waals surface area contributed by atoms with Crippen molar-refractivity contribution in [1.82, 2.24) is 9.97 Å². The van der Waals surface area contributed by atoms with E-state index in [0.717, 1.165) is 5.52 Å². The molecule has 0 saturated heterocycles. The minimum absolute atomic E-state index is 0.312. The maximum Gasteiger partial charge on any atom is 0.384 e. The molecule has 0 amide bonds. The number of esters is 1. The Morgan fingerprint density at radius 3 is 3.06 bits per heavy atom. The number of hydrogen-bond acceptors (Lipinski definition) is 5. The number of carbonyl (C=O) groups excluding carboxylic acids is 1. The van der Waals surface area contributed by atoms with Crippen LogP contribution in [0, 0.1) is 11.8 Å². The summed E-state index contributed by atoms with van der Waals surface area (Å²) < 4.78 is 4.71. The number of nitrogens with zero attached hydrogens (tertiary/aromatic N) is 2. The van der Waals surface area contributed by atoms with Gasteiger partial charge in [-0.05, 0) is 25.1 Å². The lowest BCUT2D eigenvalue weighted by atomic mass is 10.1. The van der Waals surface area contributed by atoms with E-state index in [1.54, 1.807) is 25.1 Å². The van der Waals surface area contributed by atoms with Gasteiger partial charge in [0.25, 0.3) is 0 Å². The van der Waals surface area contributed by atoms with Crippen LogP contribution >= 0.6 is 0 Å². The zero-order chi connectivity index (χ0) is 13.0. The van der Waals surface area contributed by atoms with Crippen LogP contribution in [0.2, 0.25) is 0 Å². The summed E-state index contributed by atoms with van der Waals surface area (Å²) >= 11 is 0. The fourth-order valence-electron chi connectivity index (χ4n) is 1.44. The SMILES string of the molecule is CCOC(=O)C#Cc1ccc2ncnc(N)c2c1. The van der Waals surface area contributed by atoms with Crippen LogP contribution < -0.4 is 5.73 Å².